The van der Waals surface area contributed by atoms with E-state index in [2.05, 4.69) is 20.9 Å². The number of rotatable bonds is 4. The van der Waals surface area contributed by atoms with Crippen molar-refractivity contribution in [3.63, 3.8) is 0 Å². The first-order valence-corrected chi connectivity index (χ1v) is 2.63. The normalized spacial score (nSPS) is 9.25. The third-order valence-corrected chi connectivity index (χ3v) is 0.763. The van der Waals surface area contributed by atoms with Gasteiger partial charge in [-0.05, 0) is 9.25 Å². The molecule has 0 atom stereocenters. The van der Waals surface area contributed by atoms with Crippen molar-refractivity contribution in [2.45, 2.75) is 0 Å². The van der Waals surface area contributed by atoms with Crippen LogP contribution < -0.4 is 22.9 Å². The van der Waals surface area contributed by atoms with Crippen LogP contribution in [0.5, 0.6) is 0 Å². The van der Waals surface area contributed by atoms with E-state index in [-0.39, 0.29) is 0 Å². The zero-order valence-electron chi connectivity index (χ0n) is 3.83. The smallest absolute Gasteiger partial charge is 0.244 e. The lowest BCUT2D eigenvalue weighted by atomic mass is 12.8. The number of hydrazine groups is 2. The number of hydrogen-bond donors (Lipinski definition) is 4. The van der Waals surface area contributed by atoms with Gasteiger partial charge in [-0.15, -0.1) is 0 Å². The Morgan fingerprint density at radius 2 is 1.62 bits per heavy atom. The van der Waals surface area contributed by atoms with Crippen molar-refractivity contribution in [2.75, 3.05) is 0 Å². The lowest BCUT2D eigenvalue weighted by molar-refractivity contribution is 0.119. The Morgan fingerprint density at radius 3 is 1.88 bits per heavy atom. The Morgan fingerprint density at radius 1 is 1.25 bits per heavy atom. The molecule has 0 amide bonds. The summed E-state index contributed by atoms with van der Waals surface area (Å²) in [5.41, 5.74) is 3.30. The fourth-order valence-corrected chi connectivity index (χ4v) is 0.314. The highest BCUT2D eigenvalue weighted by Crippen LogP contribution is 2.17. The molecule has 0 fully saturated rings. The maximum atomic E-state index is 10.1. The number of nitrogens with two attached hydrogens (primary N) is 2. The molecule has 6 N–H and O–H groups in total. The molecule has 0 aromatic carbocycles. The summed E-state index contributed by atoms with van der Waals surface area (Å²) >= 11 is 0. The summed E-state index contributed by atoms with van der Waals surface area (Å²) in [5.74, 6) is 9.11. The minimum atomic E-state index is -2.30. The first-order valence-electron chi connectivity index (χ1n) is 1.53. The molecule has 0 bridgehead atoms. The van der Waals surface area contributed by atoms with E-state index in [4.69, 9.17) is 0 Å². The highest BCUT2D eigenvalue weighted by Gasteiger charge is 2.18. The predicted octanol–water partition coefficient (Wildman–Crippen LogP) is -1.57. The molecular formula is H6N4O3P+. The topological polar surface area (TPSA) is 112 Å². The van der Waals surface area contributed by atoms with Gasteiger partial charge in [0.25, 0.3) is 0 Å². The second-order valence-electron chi connectivity index (χ2n) is 0.642. The molecule has 48 valence electrons. The third-order valence-electron chi connectivity index (χ3n) is 0.254. The summed E-state index contributed by atoms with van der Waals surface area (Å²) in [6.45, 7) is 0. The molecule has 0 radical (unpaired) electrons. The van der Waals surface area contributed by atoms with Crippen molar-refractivity contribution in [2.24, 2.45) is 11.7 Å². The molecule has 0 aliphatic heterocycles. The molecule has 0 aromatic rings. The first-order chi connectivity index (χ1) is 3.81. The largest absolute Gasteiger partial charge is 0.737 e. The maximum Gasteiger partial charge on any atom is 0.737 e. The highest BCUT2D eigenvalue weighted by molar-refractivity contribution is 7.33. The molecule has 0 spiro atoms. The second-order valence-corrected chi connectivity index (χ2v) is 1.45. The van der Waals surface area contributed by atoms with Gasteiger partial charge in [-0.2, -0.15) is 0 Å². The summed E-state index contributed by atoms with van der Waals surface area (Å²) in [4.78, 5) is 0. The average Bonchev–Trinajstić information content (AvgIpc) is 1.68. The van der Waals surface area contributed by atoms with Gasteiger partial charge in [0.2, 0.25) is 0 Å². The Labute approximate surface area is 46.1 Å². The van der Waals surface area contributed by atoms with Gasteiger partial charge < -0.3 is 0 Å². The molecule has 0 aliphatic carbocycles. The van der Waals surface area contributed by atoms with Crippen molar-refractivity contribution in [1.29, 1.82) is 0 Å². The lowest BCUT2D eigenvalue weighted by Crippen LogP contribution is -2.22. The van der Waals surface area contributed by atoms with E-state index in [1.165, 1.54) is 0 Å². The molecule has 0 saturated carbocycles. The van der Waals surface area contributed by atoms with Gasteiger partial charge in [-0.25, -0.2) is 11.7 Å². The predicted molar refractivity (Wildman–Crippen MR) is 24.4 cm³/mol. The zero-order chi connectivity index (χ0) is 6.41. The van der Waals surface area contributed by atoms with E-state index < -0.39 is 8.25 Å². The summed E-state index contributed by atoms with van der Waals surface area (Å²) in [6, 6.07) is 0. The van der Waals surface area contributed by atoms with Gasteiger partial charge in [0.1, 0.15) is 0 Å². The molecule has 7 nitrogen and oxygen atoms in total. The third kappa shape index (κ3) is 4.03. The van der Waals surface area contributed by atoms with Crippen LogP contribution in [0.15, 0.2) is 0 Å². The summed E-state index contributed by atoms with van der Waals surface area (Å²) < 4.78 is 18.0. The van der Waals surface area contributed by atoms with Crippen LogP contribution in [0.3, 0.4) is 0 Å². The van der Waals surface area contributed by atoms with Crippen molar-refractivity contribution >= 4 is 8.25 Å². The van der Waals surface area contributed by atoms with Crippen LogP contribution in [0.4, 0.5) is 0 Å². The minimum Gasteiger partial charge on any atom is -0.244 e. The molecule has 0 aromatic heterocycles. The maximum absolute atomic E-state index is 10.1. The fraction of sp³-hybridized carbons (Fsp3) is 0. The summed E-state index contributed by atoms with van der Waals surface area (Å²) in [7, 11) is -2.30. The van der Waals surface area contributed by atoms with E-state index in [0.717, 1.165) is 0 Å². The van der Waals surface area contributed by atoms with Gasteiger partial charge in [-0.3, -0.25) is 0 Å². The Balaban J connectivity index is 3.06. The van der Waals surface area contributed by atoms with Crippen LogP contribution in [-0.2, 0) is 13.8 Å². The highest BCUT2D eigenvalue weighted by atomic mass is 31.1. The molecule has 0 heterocycles. The molecule has 0 rings (SSSR count). The van der Waals surface area contributed by atoms with E-state index in [9.17, 15) is 4.57 Å². The first kappa shape index (κ1) is 7.86. The van der Waals surface area contributed by atoms with E-state index in [0.29, 0.717) is 0 Å². The molecule has 0 saturated heterocycles. The van der Waals surface area contributed by atoms with Crippen molar-refractivity contribution < 1.29 is 13.8 Å². The number of hydrogen-bond acceptors (Lipinski definition) is 7. The Kier molecular flexibility index (Phi) is 4.92. The molecule has 0 unspecified atom stereocenters. The van der Waals surface area contributed by atoms with Gasteiger partial charge in [0.15, 0.2) is 0 Å². The fourth-order valence-electron chi connectivity index (χ4n) is 0.105. The van der Waals surface area contributed by atoms with Gasteiger partial charge in [-0.1, -0.05) is 11.2 Å². The molecule has 8 heteroatoms. The molecule has 0 aliphatic rings. The zero-order valence-corrected chi connectivity index (χ0v) is 4.72. The Hall–Kier alpha value is -0.140. The Bertz CT molecular complexity index is 65.7. The van der Waals surface area contributed by atoms with Crippen molar-refractivity contribution in [3.8, 4) is 0 Å². The van der Waals surface area contributed by atoms with Gasteiger partial charge in [0.05, 0.1) is 0 Å². The van der Waals surface area contributed by atoms with Crippen LogP contribution in [0, 0.1) is 0 Å². The lowest BCUT2D eigenvalue weighted by Gasteiger charge is -1.81. The summed E-state index contributed by atoms with van der Waals surface area (Å²) in [6.07, 6.45) is 0. The second kappa shape index (κ2) is 5.01. The quantitative estimate of drug-likeness (QED) is 0.212. The SMILES string of the molecule is NNO[P+](=O)ONN. The molecular weight excluding hydrogens is 135 g/mol. The van der Waals surface area contributed by atoms with Crippen LogP contribution >= 0.6 is 8.25 Å². The van der Waals surface area contributed by atoms with Gasteiger partial charge >= 0.3 is 8.25 Å². The van der Waals surface area contributed by atoms with Gasteiger partial charge in [0, 0.05) is 4.57 Å². The van der Waals surface area contributed by atoms with Crippen LogP contribution in [0.1, 0.15) is 0 Å². The number of nitrogens with one attached hydrogen (secondary N) is 2. The van der Waals surface area contributed by atoms with E-state index in [1.807, 2.05) is 0 Å². The average molecular weight is 141 g/mol. The monoisotopic (exact) mass is 141 g/mol. The van der Waals surface area contributed by atoms with Crippen LogP contribution in [-0.4, -0.2) is 0 Å². The van der Waals surface area contributed by atoms with Crippen molar-refractivity contribution in [3.05, 3.63) is 0 Å². The van der Waals surface area contributed by atoms with Crippen LogP contribution in [0.25, 0.3) is 0 Å². The molecule has 8 heavy (non-hydrogen) atoms. The van der Waals surface area contributed by atoms with Crippen LogP contribution in [0.2, 0.25) is 0 Å². The standard InChI is InChI=1S/H6N4O3P/c1-3-6-8(5)7-4-2/h3-4H,1-2H2/q+1. The van der Waals surface area contributed by atoms with Crippen molar-refractivity contribution in [1.82, 2.24) is 11.2 Å². The van der Waals surface area contributed by atoms with E-state index >= 15 is 0 Å². The summed E-state index contributed by atoms with van der Waals surface area (Å²) in [5, 5.41) is 0. The minimum absolute atomic E-state index is 1.65. The van der Waals surface area contributed by atoms with E-state index in [1.54, 1.807) is 11.2 Å².